The van der Waals surface area contributed by atoms with Gasteiger partial charge in [-0.3, -0.25) is 4.79 Å². The third kappa shape index (κ3) is 2.48. The molecule has 0 saturated carbocycles. The molecule has 2 rings (SSSR count). The topological polar surface area (TPSA) is 55.8 Å². The Labute approximate surface area is 120 Å². The van der Waals surface area contributed by atoms with Gasteiger partial charge in [0.2, 0.25) is 0 Å². The molecule has 108 valence electrons. The van der Waals surface area contributed by atoms with Crippen LogP contribution in [0.3, 0.4) is 0 Å². The van der Waals surface area contributed by atoms with Gasteiger partial charge >= 0.3 is 7.12 Å². The summed E-state index contributed by atoms with van der Waals surface area (Å²) in [7, 11) is -0.524. The minimum atomic E-state index is -0.524. The molecule has 0 aliphatic carbocycles. The second kappa shape index (κ2) is 4.90. The molecule has 5 heteroatoms. The van der Waals surface area contributed by atoms with Gasteiger partial charge in [0, 0.05) is 6.42 Å². The van der Waals surface area contributed by atoms with Crippen molar-refractivity contribution in [3.63, 3.8) is 0 Å². The number of hydrogen-bond acceptors (Lipinski definition) is 4. The molecule has 0 spiro atoms. The van der Waals surface area contributed by atoms with Gasteiger partial charge in [0.05, 0.1) is 16.8 Å². The number of phenolic OH excluding ortho intramolecular Hbond substituents is 1. The summed E-state index contributed by atoms with van der Waals surface area (Å²) in [5.74, 6) is -0.0991. The van der Waals surface area contributed by atoms with Crippen LogP contribution in [0.15, 0.2) is 18.2 Å². The summed E-state index contributed by atoms with van der Waals surface area (Å²) in [6.07, 6.45) is 0.348. The predicted octanol–water partition coefficient (Wildman–Crippen LogP) is 2.28. The second-order valence-electron chi connectivity index (χ2n) is 6.14. The summed E-state index contributed by atoms with van der Waals surface area (Å²) >= 11 is 0. The molecule has 1 N–H and O–H groups in total. The Morgan fingerprint density at radius 3 is 2.25 bits per heavy atom. The smallest absolute Gasteiger partial charge is 0.494 e. The van der Waals surface area contributed by atoms with Gasteiger partial charge in [-0.15, -0.1) is 0 Å². The average Bonchev–Trinajstić information content (AvgIpc) is 2.58. The molecule has 1 saturated heterocycles. The quantitative estimate of drug-likeness (QED) is 0.679. The van der Waals surface area contributed by atoms with E-state index in [1.54, 1.807) is 19.1 Å². The number of hydrogen-bond donors (Lipinski definition) is 1. The third-order valence-corrected chi connectivity index (χ3v) is 4.17. The molecule has 20 heavy (non-hydrogen) atoms. The number of ketones is 1. The van der Waals surface area contributed by atoms with E-state index in [4.69, 9.17) is 9.31 Å². The zero-order valence-electron chi connectivity index (χ0n) is 12.7. The van der Waals surface area contributed by atoms with Crippen LogP contribution in [-0.2, 0) is 9.31 Å². The SMILES string of the molecule is CCC(=O)c1cc(B2OC(C)(C)C(C)(C)O2)ccc1O. The van der Waals surface area contributed by atoms with Gasteiger partial charge in [-0.05, 0) is 45.3 Å². The maximum Gasteiger partial charge on any atom is 0.494 e. The van der Waals surface area contributed by atoms with Crippen LogP contribution in [0.25, 0.3) is 0 Å². The van der Waals surface area contributed by atoms with Crippen molar-refractivity contribution in [3.05, 3.63) is 23.8 Å². The highest BCUT2D eigenvalue weighted by atomic mass is 16.7. The van der Waals surface area contributed by atoms with E-state index in [1.165, 1.54) is 6.07 Å². The van der Waals surface area contributed by atoms with Gasteiger partial charge in [-0.25, -0.2) is 0 Å². The number of carbonyl (C=O) groups is 1. The molecule has 1 aliphatic heterocycles. The Kier molecular flexibility index (Phi) is 3.69. The predicted molar refractivity (Wildman–Crippen MR) is 78.4 cm³/mol. The maximum absolute atomic E-state index is 11.8. The summed E-state index contributed by atoms with van der Waals surface area (Å²) in [6, 6.07) is 4.90. The van der Waals surface area contributed by atoms with Crippen LogP contribution < -0.4 is 5.46 Å². The summed E-state index contributed by atoms with van der Waals surface area (Å²) in [4.78, 5) is 11.8. The fourth-order valence-corrected chi connectivity index (χ4v) is 2.09. The van der Waals surface area contributed by atoms with E-state index in [-0.39, 0.29) is 11.5 Å². The minimum Gasteiger partial charge on any atom is -0.507 e. The molecule has 4 nitrogen and oxygen atoms in total. The fraction of sp³-hybridized carbons (Fsp3) is 0.533. The van der Waals surface area contributed by atoms with Crippen molar-refractivity contribution in [2.45, 2.75) is 52.2 Å². The van der Waals surface area contributed by atoms with Crippen molar-refractivity contribution in [2.24, 2.45) is 0 Å². The van der Waals surface area contributed by atoms with E-state index < -0.39 is 18.3 Å². The Morgan fingerprint density at radius 2 is 1.75 bits per heavy atom. The lowest BCUT2D eigenvalue weighted by molar-refractivity contribution is 0.00578. The Balaban J connectivity index is 2.34. The van der Waals surface area contributed by atoms with E-state index >= 15 is 0 Å². The third-order valence-electron chi connectivity index (χ3n) is 4.17. The standard InChI is InChI=1S/C15H21BO4/c1-6-12(17)11-9-10(7-8-13(11)18)16-19-14(2,3)15(4,5)20-16/h7-9,18H,6H2,1-5H3. The van der Waals surface area contributed by atoms with Gasteiger partial charge in [-0.2, -0.15) is 0 Å². The molecule has 0 unspecified atom stereocenters. The van der Waals surface area contributed by atoms with Gasteiger partial charge in [0.15, 0.2) is 5.78 Å². The van der Waals surface area contributed by atoms with E-state index in [2.05, 4.69) is 0 Å². The first-order chi connectivity index (χ1) is 9.18. The molecular weight excluding hydrogens is 255 g/mol. The normalized spacial score (nSPS) is 20.1. The monoisotopic (exact) mass is 276 g/mol. The molecule has 1 aromatic rings. The van der Waals surface area contributed by atoms with Gasteiger partial charge < -0.3 is 14.4 Å². The zero-order valence-corrected chi connectivity index (χ0v) is 12.7. The largest absolute Gasteiger partial charge is 0.507 e. The van der Waals surface area contributed by atoms with E-state index in [1.807, 2.05) is 27.7 Å². The molecule has 1 aromatic carbocycles. The number of phenols is 1. The number of benzene rings is 1. The van der Waals surface area contributed by atoms with Gasteiger partial charge in [0.1, 0.15) is 5.75 Å². The Hall–Kier alpha value is -1.33. The van der Waals surface area contributed by atoms with Crippen LogP contribution in [0, 0.1) is 0 Å². The summed E-state index contributed by atoms with van der Waals surface area (Å²) in [5.41, 5.74) is 0.215. The van der Waals surface area contributed by atoms with Gasteiger partial charge in [-0.1, -0.05) is 13.0 Å². The second-order valence-corrected chi connectivity index (χ2v) is 6.14. The van der Waals surface area contributed by atoms with Crippen molar-refractivity contribution in [2.75, 3.05) is 0 Å². The lowest BCUT2D eigenvalue weighted by atomic mass is 9.78. The average molecular weight is 276 g/mol. The van der Waals surface area contributed by atoms with Crippen molar-refractivity contribution in [3.8, 4) is 5.75 Å². The Bertz CT molecular complexity index is 521. The molecular formula is C15H21BO4. The number of Topliss-reactive ketones (excluding diaryl/α,β-unsaturated/α-hetero) is 1. The fourth-order valence-electron chi connectivity index (χ4n) is 2.09. The molecule has 0 aromatic heterocycles. The summed E-state index contributed by atoms with van der Waals surface area (Å²) < 4.78 is 11.9. The number of carbonyl (C=O) groups excluding carboxylic acids is 1. The molecule has 1 aliphatic rings. The molecule has 0 amide bonds. The molecule has 0 radical (unpaired) electrons. The first-order valence-electron chi connectivity index (χ1n) is 6.89. The van der Waals surface area contributed by atoms with Crippen molar-refractivity contribution in [1.29, 1.82) is 0 Å². The van der Waals surface area contributed by atoms with Crippen molar-refractivity contribution in [1.82, 2.24) is 0 Å². The van der Waals surface area contributed by atoms with Crippen LogP contribution in [0.5, 0.6) is 5.75 Å². The van der Waals surface area contributed by atoms with Crippen LogP contribution in [0.4, 0.5) is 0 Å². The highest BCUT2D eigenvalue weighted by Gasteiger charge is 2.51. The highest BCUT2D eigenvalue weighted by molar-refractivity contribution is 6.62. The van der Waals surface area contributed by atoms with Crippen molar-refractivity contribution >= 4 is 18.4 Å². The molecule has 0 atom stereocenters. The number of rotatable bonds is 3. The van der Waals surface area contributed by atoms with E-state index in [0.717, 1.165) is 5.46 Å². The first kappa shape index (κ1) is 15.1. The lowest BCUT2D eigenvalue weighted by Crippen LogP contribution is -2.41. The number of aromatic hydroxyl groups is 1. The van der Waals surface area contributed by atoms with E-state index in [9.17, 15) is 9.90 Å². The lowest BCUT2D eigenvalue weighted by Gasteiger charge is -2.32. The molecule has 1 fully saturated rings. The molecule has 1 heterocycles. The summed E-state index contributed by atoms with van der Waals surface area (Å²) in [6.45, 7) is 9.68. The van der Waals surface area contributed by atoms with Crippen LogP contribution >= 0.6 is 0 Å². The molecule has 0 bridgehead atoms. The Morgan fingerprint density at radius 1 is 1.20 bits per heavy atom. The van der Waals surface area contributed by atoms with Crippen LogP contribution in [0.1, 0.15) is 51.4 Å². The zero-order chi connectivity index (χ0) is 15.1. The maximum atomic E-state index is 11.8. The highest BCUT2D eigenvalue weighted by Crippen LogP contribution is 2.36. The van der Waals surface area contributed by atoms with Crippen LogP contribution in [0.2, 0.25) is 0 Å². The minimum absolute atomic E-state index is 0.00267. The van der Waals surface area contributed by atoms with Crippen molar-refractivity contribution < 1.29 is 19.2 Å². The van der Waals surface area contributed by atoms with E-state index in [0.29, 0.717) is 12.0 Å². The van der Waals surface area contributed by atoms with Crippen LogP contribution in [-0.4, -0.2) is 29.2 Å². The summed E-state index contributed by atoms with van der Waals surface area (Å²) in [5, 5.41) is 9.78. The first-order valence-corrected chi connectivity index (χ1v) is 6.89. The van der Waals surface area contributed by atoms with Gasteiger partial charge in [0.25, 0.3) is 0 Å².